The maximum absolute atomic E-state index is 13.8. The molecule has 5 rings (SSSR count). The largest absolute Gasteiger partial charge is 0.490 e. The van der Waals surface area contributed by atoms with E-state index in [1.807, 2.05) is 55.1 Å². The van der Waals surface area contributed by atoms with Gasteiger partial charge in [-0.3, -0.25) is 9.59 Å². The molecule has 1 aliphatic carbocycles. The van der Waals surface area contributed by atoms with Crippen molar-refractivity contribution in [3.8, 4) is 11.5 Å². The van der Waals surface area contributed by atoms with Crippen LogP contribution in [0.5, 0.6) is 11.5 Å². The van der Waals surface area contributed by atoms with Gasteiger partial charge in [0, 0.05) is 18.2 Å². The molecule has 2 aliphatic heterocycles. The van der Waals surface area contributed by atoms with Gasteiger partial charge in [0.1, 0.15) is 0 Å². The molecular weight excluding hydrogens is 416 g/mol. The van der Waals surface area contributed by atoms with E-state index in [0.717, 1.165) is 54.5 Å². The van der Waals surface area contributed by atoms with Gasteiger partial charge in [0.05, 0.1) is 25.2 Å². The number of hydrogen-bond acceptors (Lipinski definition) is 4. The van der Waals surface area contributed by atoms with Crippen LogP contribution in [0.15, 0.2) is 36.4 Å². The van der Waals surface area contributed by atoms with E-state index in [2.05, 4.69) is 5.32 Å². The molecule has 1 saturated carbocycles. The molecule has 174 valence electrons. The minimum atomic E-state index is -0.453. The lowest BCUT2D eigenvalue weighted by Crippen LogP contribution is -2.51. The van der Waals surface area contributed by atoms with Crippen LogP contribution in [0.25, 0.3) is 0 Å². The number of carbonyl (C=O) groups is 2. The summed E-state index contributed by atoms with van der Waals surface area (Å²) in [6, 6.07) is 11.5. The van der Waals surface area contributed by atoms with Crippen LogP contribution in [0.1, 0.15) is 78.5 Å². The molecule has 0 radical (unpaired) electrons. The quantitative estimate of drug-likeness (QED) is 0.712. The lowest BCUT2D eigenvalue weighted by atomic mass is 9.75. The Kier molecular flexibility index (Phi) is 6.00. The summed E-state index contributed by atoms with van der Waals surface area (Å²) >= 11 is 0. The van der Waals surface area contributed by atoms with Crippen molar-refractivity contribution < 1.29 is 19.1 Å². The third kappa shape index (κ3) is 3.85. The summed E-state index contributed by atoms with van der Waals surface area (Å²) in [6.45, 7) is 5.54. The van der Waals surface area contributed by atoms with E-state index in [9.17, 15) is 9.59 Å². The van der Waals surface area contributed by atoms with Crippen molar-refractivity contribution in [2.24, 2.45) is 0 Å². The Morgan fingerprint density at radius 3 is 2.45 bits per heavy atom. The molecule has 0 aromatic heterocycles. The first-order chi connectivity index (χ1) is 16.1. The highest BCUT2D eigenvalue weighted by molar-refractivity contribution is 6.01. The first-order valence-corrected chi connectivity index (χ1v) is 12.2. The summed E-state index contributed by atoms with van der Waals surface area (Å²) in [4.78, 5) is 29.1. The van der Waals surface area contributed by atoms with Crippen molar-refractivity contribution in [2.45, 2.75) is 64.0 Å². The lowest BCUT2D eigenvalue weighted by Gasteiger charge is -2.45. The fourth-order valence-electron chi connectivity index (χ4n) is 5.71. The monoisotopic (exact) mass is 448 g/mol. The Balaban J connectivity index is 1.62. The topological polar surface area (TPSA) is 67.9 Å². The summed E-state index contributed by atoms with van der Waals surface area (Å²) < 4.78 is 11.8. The highest BCUT2D eigenvalue weighted by atomic mass is 16.5. The zero-order valence-corrected chi connectivity index (χ0v) is 19.4. The average molecular weight is 449 g/mol. The third-order valence-electron chi connectivity index (χ3n) is 7.17. The van der Waals surface area contributed by atoms with Gasteiger partial charge in [-0.05, 0) is 68.0 Å². The lowest BCUT2D eigenvalue weighted by molar-refractivity contribution is -0.125. The number of nitrogens with zero attached hydrogens (tertiary/aromatic N) is 1. The van der Waals surface area contributed by atoms with Crippen LogP contribution in [0.3, 0.4) is 0 Å². The number of fused-ring (bicyclic) bond motifs is 4. The van der Waals surface area contributed by atoms with Crippen LogP contribution in [0.2, 0.25) is 0 Å². The van der Waals surface area contributed by atoms with E-state index in [0.29, 0.717) is 31.1 Å². The highest BCUT2D eigenvalue weighted by Gasteiger charge is 2.47. The smallest absolute Gasteiger partial charge is 0.254 e. The first kappa shape index (κ1) is 21.8. The van der Waals surface area contributed by atoms with Gasteiger partial charge in [0.25, 0.3) is 5.91 Å². The van der Waals surface area contributed by atoms with Crippen LogP contribution >= 0.6 is 0 Å². The van der Waals surface area contributed by atoms with Crippen molar-refractivity contribution in [1.29, 1.82) is 0 Å². The van der Waals surface area contributed by atoms with Crippen molar-refractivity contribution in [3.05, 3.63) is 58.7 Å². The van der Waals surface area contributed by atoms with Crippen molar-refractivity contribution >= 4 is 11.8 Å². The fourth-order valence-corrected chi connectivity index (χ4v) is 5.71. The summed E-state index contributed by atoms with van der Waals surface area (Å²) in [6.07, 6.45) is 5.08. The van der Waals surface area contributed by atoms with Gasteiger partial charge in [-0.15, -0.1) is 0 Å². The maximum Gasteiger partial charge on any atom is 0.254 e. The SMILES string of the molecule is CCOc1cc2c(cc1OCC)[C@@H]1[C@H](C(=O)NC3CCCC3)c3ccccc3C(=O)N1CC2. The molecule has 2 aromatic rings. The van der Waals surface area contributed by atoms with Crippen molar-refractivity contribution in [3.63, 3.8) is 0 Å². The predicted molar refractivity (Wildman–Crippen MR) is 126 cm³/mol. The minimum absolute atomic E-state index is 0.00184. The number of amides is 2. The Hall–Kier alpha value is -3.02. The molecule has 2 aromatic carbocycles. The van der Waals surface area contributed by atoms with Gasteiger partial charge in [-0.25, -0.2) is 0 Å². The van der Waals surface area contributed by atoms with Crippen molar-refractivity contribution in [1.82, 2.24) is 10.2 Å². The first-order valence-electron chi connectivity index (χ1n) is 12.2. The molecule has 1 fully saturated rings. The number of benzene rings is 2. The summed E-state index contributed by atoms with van der Waals surface area (Å²) in [5, 5.41) is 3.31. The van der Waals surface area contributed by atoms with E-state index in [1.54, 1.807) is 0 Å². The molecule has 33 heavy (non-hydrogen) atoms. The normalized spacial score (nSPS) is 21.8. The Labute approximate surface area is 195 Å². The summed E-state index contributed by atoms with van der Waals surface area (Å²) in [5.41, 5.74) is 3.57. The molecule has 0 unspecified atom stereocenters. The predicted octanol–water partition coefficient (Wildman–Crippen LogP) is 4.38. The van der Waals surface area contributed by atoms with Crippen LogP contribution in [-0.4, -0.2) is 42.5 Å². The van der Waals surface area contributed by atoms with Gasteiger partial charge in [0.15, 0.2) is 11.5 Å². The molecular formula is C27H32N2O4. The fraction of sp³-hybridized carbons (Fsp3) is 0.481. The molecule has 1 N–H and O–H groups in total. The van der Waals surface area contributed by atoms with Gasteiger partial charge >= 0.3 is 0 Å². The molecule has 2 atom stereocenters. The van der Waals surface area contributed by atoms with Gasteiger partial charge in [-0.1, -0.05) is 31.0 Å². The Morgan fingerprint density at radius 1 is 1.03 bits per heavy atom. The van der Waals surface area contributed by atoms with Crippen LogP contribution < -0.4 is 14.8 Å². The number of hydrogen-bond donors (Lipinski definition) is 1. The number of carbonyl (C=O) groups excluding carboxylic acids is 2. The second-order valence-corrected chi connectivity index (χ2v) is 9.11. The number of rotatable bonds is 6. The standard InChI is InChI=1S/C27H32N2O4/c1-3-32-22-15-17-13-14-29-25(21(17)16-23(22)33-4-2)24(26(30)28-18-9-5-6-10-18)19-11-7-8-12-20(19)27(29)31/h7-8,11-12,15-16,18,24-25H,3-6,9-10,13-14H2,1-2H3,(H,28,30)/t24-,25-/m1/s1. The van der Waals surface area contributed by atoms with Crippen LogP contribution in [0.4, 0.5) is 0 Å². The Morgan fingerprint density at radius 2 is 1.73 bits per heavy atom. The van der Waals surface area contributed by atoms with Crippen LogP contribution in [-0.2, 0) is 11.2 Å². The molecule has 2 amide bonds. The van der Waals surface area contributed by atoms with Gasteiger partial charge < -0.3 is 19.7 Å². The highest BCUT2D eigenvalue weighted by Crippen LogP contribution is 2.48. The third-order valence-corrected chi connectivity index (χ3v) is 7.17. The van der Waals surface area contributed by atoms with E-state index in [4.69, 9.17) is 9.47 Å². The molecule has 6 nitrogen and oxygen atoms in total. The average Bonchev–Trinajstić information content (AvgIpc) is 3.33. The second-order valence-electron chi connectivity index (χ2n) is 9.11. The zero-order valence-electron chi connectivity index (χ0n) is 19.4. The second kappa shape index (κ2) is 9.08. The summed E-state index contributed by atoms with van der Waals surface area (Å²) in [7, 11) is 0. The molecule has 2 heterocycles. The van der Waals surface area contributed by atoms with E-state index in [1.165, 1.54) is 0 Å². The number of ether oxygens (including phenoxy) is 2. The van der Waals surface area contributed by atoms with Crippen molar-refractivity contribution in [2.75, 3.05) is 19.8 Å². The van der Waals surface area contributed by atoms with E-state index in [-0.39, 0.29) is 23.9 Å². The molecule has 6 heteroatoms. The molecule has 0 saturated heterocycles. The van der Waals surface area contributed by atoms with Crippen LogP contribution in [0, 0.1) is 0 Å². The zero-order chi connectivity index (χ0) is 22.9. The van der Waals surface area contributed by atoms with E-state index < -0.39 is 5.92 Å². The van der Waals surface area contributed by atoms with E-state index >= 15 is 0 Å². The molecule has 3 aliphatic rings. The number of nitrogens with one attached hydrogen (secondary N) is 1. The molecule has 0 spiro atoms. The van der Waals surface area contributed by atoms with Gasteiger partial charge in [0.2, 0.25) is 5.91 Å². The van der Waals surface area contributed by atoms with Gasteiger partial charge in [-0.2, -0.15) is 0 Å². The minimum Gasteiger partial charge on any atom is -0.490 e. The summed E-state index contributed by atoms with van der Waals surface area (Å²) in [5.74, 6) is 0.947. The Bertz CT molecular complexity index is 1060. The molecule has 0 bridgehead atoms. The maximum atomic E-state index is 13.8.